The van der Waals surface area contributed by atoms with Crippen LogP contribution in [0.25, 0.3) is 0 Å². The first-order chi connectivity index (χ1) is 12.1. The lowest BCUT2D eigenvalue weighted by Crippen LogP contribution is -2.54. The zero-order chi connectivity index (χ0) is 19.4. The second kappa shape index (κ2) is 9.09. The van der Waals surface area contributed by atoms with Gasteiger partial charge in [-0.2, -0.15) is 0 Å². The van der Waals surface area contributed by atoms with Gasteiger partial charge in [0.05, 0.1) is 17.0 Å². The predicted octanol–water partition coefficient (Wildman–Crippen LogP) is 1.67. The highest BCUT2D eigenvalue weighted by molar-refractivity contribution is 7.89. The summed E-state index contributed by atoms with van der Waals surface area (Å²) in [4.78, 5) is 11.7. The molecule has 0 aliphatic heterocycles. The maximum atomic E-state index is 12.1. The Hall–Kier alpha value is -1.56. The summed E-state index contributed by atoms with van der Waals surface area (Å²) in [6, 6.07) is 3.67. The second-order valence-corrected chi connectivity index (χ2v) is 7.85. The summed E-state index contributed by atoms with van der Waals surface area (Å²) in [5, 5.41) is 2.77. The molecule has 0 atom stereocenters. The number of carbonyl (C=O) groups excluding carboxylic acids is 1. The van der Waals surface area contributed by atoms with Crippen LogP contribution >= 0.6 is 12.4 Å². The van der Waals surface area contributed by atoms with Gasteiger partial charge in [0.25, 0.3) is 0 Å². The van der Waals surface area contributed by atoms with Crippen LogP contribution in [0.4, 0.5) is 13.2 Å². The van der Waals surface area contributed by atoms with Gasteiger partial charge in [-0.1, -0.05) is 12.8 Å². The van der Waals surface area contributed by atoms with Crippen molar-refractivity contribution < 1.29 is 31.1 Å². The molecule has 2 rings (SSSR count). The maximum Gasteiger partial charge on any atom is 0.573 e. The maximum absolute atomic E-state index is 12.1. The van der Waals surface area contributed by atoms with E-state index >= 15 is 0 Å². The summed E-state index contributed by atoms with van der Waals surface area (Å²) < 4.78 is 66.4. The van der Waals surface area contributed by atoms with Gasteiger partial charge in [-0.15, -0.1) is 25.6 Å². The van der Waals surface area contributed by atoms with Crippen molar-refractivity contribution in [2.24, 2.45) is 5.73 Å². The molecule has 1 aromatic rings. The fraction of sp³-hybridized carbons (Fsp3) is 0.533. The molecular formula is C15H21ClF3N3O4S. The van der Waals surface area contributed by atoms with E-state index in [1.54, 1.807) is 0 Å². The van der Waals surface area contributed by atoms with Crippen molar-refractivity contribution in [1.82, 2.24) is 10.0 Å². The Balaban J connectivity index is 0.00000364. The Morgan fingerprint density at radius 2 is 1.74 bits per heavy atom. The van der Waals surface area contributed by atoms with Crippen molar-refractivity contribution in [3.8, 4) is 5.75 Å². The van der Waals surface area contributed by atoms with Gasteiger partial charge in [0.1, 0.15) is 5.75 Å². The molecule has 7 nitrogen and oxygen atoms in total. The molecule has 1 aliphatic rings. The first-order valence-corrected chi connectivity index (χ1v) is 9.40. The number of nitrogens with two attached hydrogens (primary N) is 1. The van der Waals surface area contributed by atoms with E-state index in [-0.39, 0.29) is 23.8 Å². The molecule has 12 heteroatoms. The molecule has 1 fully saturated rings. The number of amides is 1. The third-order valence-corrected chi connectivity index (χ3v) is 5.56. The molecule has 0 saturated heterocycles. The molecule has 4 N–H and O–H groups in total. The molecule has 0 bridgehead atoms. The molecular weight excluding hydrogens is 411 g/mol. The molecule has 154 valence electrons. The number of rotatable bonds is 7. The van der Waals surface area contributed by atoms with Gasteiger partial charge in [-0.05, 0) is 37.1 Å². The average molecular weight is 432 g/mol. The zero-order valence-electron chi connectivity index (χ0n) is 14.2. The summed E-state index contributed by atoms with van der Waals surface area (Å²) in [6.07, 6.45) is -1.51. The minimum Gasteiger partial charge on any atom is -0.406 e. The van der Waals surface area contributed by atoms with E-state index in [2.05, 4.69) is 14.8 Å². The number of sulfonamides is 1. The second-order valence-electron chi connectivity index (χ2n) is 6.08. The van der Waals surface area contributed by atoms with E-state index < -0.39 is 40.1 Å². The third-order valence-electron chi connectivity index (χ3n) is 4.15. The van der Waals surface area contributed by atoms with Crippen molar-refractivity contribution in [3.05, 3.63) is 24.3 Å². The van der Waals surface area contributed by atoms with Crippen LogP contribution in [-0.2, 0) is 14.8 Å². The lowest BCUT2D eigenvalue weighted by molar-refractivity contribution is -0.274. The number of halogens is 4. The largest absolute Gasteiger partial charge is 0.573 e. The summed E-state index contributed by atoms with van der Waals surface area (Å²) in [6.45, 7) is -0.225. The van der Waals surface area contributed by atoms with Crippen molar-refractivity contribution in [2.75, 3.05) is 13.1 Å². The summed E-state index contributed by atoms with van der Waals surface area (Å²) in [5.41, 5.74) is 5.20. The van der Waals surface area contributed by atoms with Gasteiger partial charge < -0.3 is 15.8 Å². The van der Waals surface area contributed by atoms with E-state index in [1.165, 1.54) is 0 Å². The Labute approximate surface area is 161 Å². The fourth-order valence-corrected chi connectivity index (χ4v) is 3.82. The van der Waals surface area contributed by atoms with Gasteiger partial charge in [0.2, 0.25) is 15.9 Å². The Morgan fingerprint density at radius 3 is 2.22 bits per heavy atom. The highest BCUT2D eigenvalue weighted by Crippen LogP contribution is 2.28. The van der Waals surface area contributed by atoms with Crippen LogP contribution in [0.1, 0.15) is 25.7 Å². The van der Waals surface area contributed by atoms with Crippen LogP contribution in [0.3, 0.4) is 0 Å². The predicted molar refractivity (Wildman–Crippen MR) is 94.0 cm³/mol. The number of hydrogen-bond donors (Lipinski definition) is 3. The van der Waals surface area contributed by atoms with E-state index in [0.717, 1.165) is 49.9 Å². The lowest BCUT2D eigenvalue weighted by Gasteiger charge is -2.28. The van der Waals surface area contributed by atoms with Crippen LogP contribution in [0.15, 0.2) is 29.2 Å². The van der Waals surface area contributed by atoms with Crippen molar-refractivity contribution in [3.63, 3.8) is 0 Å². The van der Waals surface area contributed by atoms with Crippen LogP contribution < -0.4 is 20.5 Å². The SMILES string of the molecule is Cl.NCC1(NC(=O)CNS(=O)(=O)c2ccc(OC(F)(F)F)cc2)CCCC1. The van der Waals surface area contributed by atoms with Crippen molar-refractivity contribution in [1.29, 1.82) is 0 Å². The minimum atomic E-state index is -4.87. The van der Waals surface area contributed by atoms with Crippen LogP contribution in [0.5, 0.6) is 5.75 Å². The topological polar surface area (TPSA) is 111 Å². The lowest BCUT2D eigenvalue weighted by atomic mass is 9.98. The highest BCUT2D eigenvalue weighted by atomic mass is 35.5. The molecule has 0 aromatic heterocycles. The number of ether oxygens (including phenoxy) is 1. The van der Waals surface area contributed by atoms with Crippen molar-refractivity contribution >= 4 is 28.3 Å². The minimum absolute atomic E-state index is 0. The van der Waals surface area contributed by atoms with E-state index in [4.69, 9.17) is 5.73 Å². The number of hydrogen-bond acceptors (Lipinski definition) is 5. The smallest absolute Gasteiger partial charge is 0.406 e. The standard InChI is InChI=1S/C15H20F3N3O4S.ClH/c16-15(17,18)25-11-3-5-12(6-4-11)26(23,24)20-9-13(22)21-14(10-19)7-1-2-8-14;/h3-6,20H,1-2,7-10,19H2,(H,21,22);1H. The number of benzene rings is 1. The molecule has 1 amide bonds. The van der Waals surface area contributed by atoms with Gasteiger partial charge >= 0.3 is 6.36 Å². The first kappa shape index (κ1) is 23.5. The van der Waals surface area contributed by atoms with Gasteiger partial charge in [-0.3, -0.25) is 4.79 Å². The Bertz CT molecular complexity index is 736. The molecule has 1 saturated carbocycles. The fourth-order valence-electron chi connectivity index (χ4n) is 2.84. The number of carbonyl (C=O) groups is 1. The Morgan fingerprint density at radius 1 is 1.19 bits per heavy atom. The number of alkyl halides is 3. The van der Waals surface area contributed by atoms with Crippen molar-refractivity contribution in [2.45, 2.75) is 42.5 Å². The zero-order valence-corrected chi connectivity index (χ0v) is 15.8. The van der Waals surface area contributed by atoms with E-state index in [0.29, 0.717) is 0 Å². The molecule has 0 spiro atoms. The van der Waals surface area contributed by atoms with Crippen LogP contribution in [0.2, 0.25) is 0 Å². The molecule has 27 heavy (non-hydrogen) atoms. The Kier molecular flexibility index (Phi) is 7.90. The number of nitrogens with one attached hydrogen (secondary N) is 2. The quantitative estimate of drug-likeness (QED) is 0.608. The van der Waals surface area contributed by atoms with E-state index in [9.17, 15) is 26.4 Å². The van der Waals surface area contributed by atoms with Gasteiger partial charge in [0.15, 0.2) is 0 Å². The summed E-state index contributed by atoms with van der Waals surface area (Å²) >= 11 is 0. The van der Waals surface area contributed by atoms with Gasteiger partial charge in [-0.25, -0.2) is 13.1 Å². The molecule has 0 heterocycles. The summed E-state index contributed by atoms with van der Waals surface area (Å²) in [5.74, 6) is -1.06. The van der Waals surface area contributed by atoms with Crippen LogP contribution in [0, 0.1) is 0 Å². The molecule has 0 unspecified atom stereocenters. The molecule has 1 aromatic carbocycles. The first-order valence-electron chi connectivity index (χ1n) is 7.92. The molecule has 1 aliphatic carbocycles. The highest BCUT2D eigenvalue weighted by Gasteiger charge is 2.34. The van der Waals surface area contributed by atoms with Gasteiger partial charge in [0, 0.05) is 6.54 Å². The van der Waals surface area contributed by atoms with E-state index in [1.807, 2.05) is 0 Å². The van der Waals surface area contributed by atoms with Crippen LogP contribution in [-0.4, -0.2) is 39.3 Å². The average Bonchev–Trinajstić information content (AvgIpc) is 3.01. The third kappa shape index (κ3) is 6.83. The summed E-state index contributed by atoms with van der Waals surface area (Å²) in [7, 11) is -4.05. The molecule has 0 radical (unpaired) electrons. The monoisotopic (exact) mass is 431 g/mol. The normalized spacial score (nSPS) is 16.4.